The van der Waals surface area contributed by atoms with Gasteiger partial charge in [0.25, 0.3) is 11.1 Å². The maximum Gasteiger partial charge on any atom is 0.333 e. The Morgan fingerprint density at radius 2 is 2.11 bits per heavy atom. The molecule has 0 aliphatic rings. The molecule has 0 unspecified atom stereocenters. The molecule has 98 valence electrons. The third-order valence-electron chi connectivity index (χ3n) is 2.07. The maximum atomic E-state index is 11.3. The second-order valence-electron chi connectivity index (χ2n) is 3.61. The number of hydrogen-bond acceptors (Lipinski definition) is 6. The molecule has 2 aromatic heterocycles. The first kappa shape index (κ1) is 12.5. The summed E-state index contributed by atoms with van der Waals surface area (Å²) < 4.78 is 1.06. The van der Waals surface area contributed by atoms with E-state index < -0.39 is 11.2 Å². The lowest BCUT2D eigenvalue weighted by molar-refractivity contribution is 0.946. The van der Waals surface area contributed by atoms with E-state index in [2.05, 4.69) is 25.5 Å². The van der Waals surface area contributed by atoms with E-state index in [1.807, 2.05) is 0 Å². The molecule has 9 heteroatoms. The van der Waals surface area contributed by atoms with Crippen molar-refractivity contribution in [2.75, 3.05) is 5.43 Å². The van der Waals surface area contributed by atoms with Gasteiger partial charge >= 0.3 is 5.69 Å². The topological polar surface area (TPSA) is 125 Å². The van der Waals surface area contributed by atoms with Crippen molar-refractivity contribution in [3.63, 3.8) is 0 Å². The van der Waals surface area contributed by atoms with Crippen molar-refractivity contribution in [3.8, 4) is 0 Å². The van der Waals surface area contributed by atoms with Crippen LogP contribution < -0.4 is 22.2 Å². The zero-order chi connectivity index (χ0) is 13.8. The number of rotatable bonds is 3. The molecule has 0 amide bonds. The highest BCUT2D eigenvalue weighted by molar-refractivity contribution is 5.58. The maximum absolute atomic E-state index is 11.3. The third kappa shape index (κ3) is 3.25. The van der Waals surface area contributed by atoms with E-state index in [1.54, 1.807) is 6.92 Å². The van der Waals surface area contributed by atoms with Crippen LogP contribution in [-0.2, 0) is 0 Å². The standard InChI is InChI=1S/C10H10N6O3/c1-6-4-8(18)13-9(12-6)15-11-5-16-3-2-7(17)14-10(16)19/h2-5H,1H3,(H,14,17,19)(H2,12,13,15,18). The van der Waals surface area contributed by atoms with Gasteiger partial charge in [0.2, 0.25) is 5.95 Å². The molecule has 9 nitrogen and oxygen atoms in total. The smallest absolute Gasteiger partial charge is 0.291 e. The van der Waals surface area contributed by atoms with Crippen LogP contribution in [0.1, 0.15) is 5.69 Å². The number of anilines is 1. The van der Waals surface area contributed by atoms with Gasteiger partial charge in [0.05, 0.1) is 0 Å². The van der Waals surface area contributed by atoms with Gasteiger partial charge in [0, 0.05) is 24.0 Å². The predicted molar refractivity (Wildman–Crippen MR) is 68.4 cm³/mol. The summed E-state index contributed by atoms with van der Waals surface area (Å²) in [4.78, 5) is 41.8. The van der Waals surface area contributed by atoms with Crippen molar-refractivity contribution in [1.82, 2.24) is 19.5 Å². The molecule has 3 N–H and O–H groups in total. The molecule has 0 saturated carbocycles. The summed E-state index contributed by atoms with van der Waals surface area (Å²) in [6.45, 7) is 1.66. The Morgan fingerprint density at radius 1 is 1.32 bits per heavy atom. The van der Waals surface area contributed by atoms with E-state index in [0.29, 0.717) is 5.69 Å². The second kappa shape index (κ2) is 5.12. The number of nitrogens with zero attached hydrogens (tertiary/aromatic N) is 3. The fourth-order valence-corrected chi connectivity index (χ4v) is 1.30. The first-order valence-corrected chi connectivity index (χ1v) is 5.23. The number of nitrogens with one attached hydrogen (secondary N) is 3. The van der Waals surface area contributed by atoms with Crippen LogP contribution in [-0.4, -0.2) is 25.9 Å². The summed E-state index contributed by atoms with van der Waals surface area (Å²) in [5.41, 5.74) is 1.57. The minimum absolute atomic E-state index is 0.152. The number of aryl methyl sites for hydroxylation is 1. The fraction of sp³-hybridized carbons (Fsp3) is 0.100. The van der Waals surface area contributed by atoms with Crippen molar-refractivity contribution in [2.24, 2.45) is 5.10 Å². The molecule has 0 aromatic carbocycles. The molecule has 0 radical (unpaired) electrons. The zero-order valence-electron chi connectivity index (χ0n) is 9.88. The van der Waals surface area contributed by atoms with Gasteiger partial charge in [-0.3, -0.25) is 24.1 Å². The normalized spacial score (nSPS) is 10.8. The van der Waals surface area contributed by atoms with Crippen molar-refractivity contribution in [2.45, 2.75) is 6.92 Å². The van der Waals surface area contributed by atoms with E-state index >= 15 is 0 Å². The van der Waals surface area contributed by atoms with Gasteiger partial charge in [-0.2, -0.15) is 5.10 Å². The third-order valence-corrected chi connectivity index (χ3v) is 2.07. The molecular weight excluding hydrogens is 252 g/mol. The SMILES string of the molecule is Cc1cc(=O)[nH]c(NN=Cn2ccc(=O)[nH]c2=O)n1. The molecule has 2 aromatic rings. The highest BCUT2D eigenvalue weighted by Gasteiger charge is 1.95. The molecule has 0 aliphatic carbocycles. The fourth-order valence-electron chi connectivity index (χ4n) is 1.30. The number of aromatic amines is 2. The average Bonchev–Trinajstić information content (AvgIpc) is 2.30. The number of aromatic nitrogens is 4. The van der Waals surface area contributed by atoms with Crippen LogP contribution in [0.4, 0.5) is 5.95 Å². The van der Waals surface area contributed by atoms with E-state index in [-0.39, 0.29) is 11.5 Å². The molecule has 0 saturated heterocycles. The minimum Gasteiger partial charge on any atom is -0.291 e. The summed E-state index contributed by atoms with van der Waals surface area (Å²) in [6.07, 6.45) is 2.40. The van der Waals surface area contributed by atoms with Gasteiger partial charge < -0.3 is 0 Å². The first-order valence-electron chi connectivity index (χ1n) is 5.23. The van der Waals surface area contributed by atoms with E-state index in [9.17, 15) is 14.4 Å². The Morgan fingerprint density at radius 3 is 2.79 bits per heavy atom. The van der Waals surface area contributed by atoms with E-state index in [0.717, 1.165) is 10.9 Å². The zero-order valence-corrected chi connectivity index (χ0v) is 9.88. The molecular formula is C10H10N6O3. The summed E-state index contributed by atoms with van der Waals surface area (Å²) in [7, 11) is 0. The summed E-state index contributed by atoms with van der Waals surface area (Å²) >= 11 is 0. The van der Waals surface area contributed by atoms with Gasteiger partial charge in [-0.25, -0.2) is 15.2 Å². The molecule has 0 bridgehead atoms. The Balaban J connectivity index is 2.18. The summed E-state index contributed by atoms with van der Waals surface area (Å²) in [5.74, 6) is 0.152. The molecule has 0 atom stereocenters. The Bertz CT molecular complexity index is 785. The lowest BCUT2D eigenvalue weighted by Crippen LogP contribution is -2.28. The summed E-state index contributed by atoms with van der Waals surface area (Å²) in [6, 6.07) is 2.52. The van der Waals surface area contributed by atoms with Gasteiger partial charge in [-0.15, -0.1) is 0 Å². The van der Waals surface area contributed by atoms with E-state index in [4.69, 9.17) is 0 Å². The molecule has 0 spiro atoms. The van der Waals surface area contributed by atoms with Crippen molar-refractivity contribution >= 4 is 12.3 Å². The largest absolute Gasteiger partial charge is 0.333 e. The molecule has 2 rings (SSSR count). The highest BCUT2D eigenvalue weighted by Crippen LogP contribution is 1.94. The van der Waals surface area contributed by atoms with Crippen molar-refractivity contribution in [1.29, 1.82) is 0 Å². The lowest BCUT2D eigenvalue weighted by Gasteiger charge is -2.00. The molecule has 2 heterocycles. The molecule has 0 aliphatic heterocycles. The quantitative estimate of drug-likeness (QED) is 0.365. The van der Waals surface area contributed by atoms with Crippen molar-refractivity contribution in [3.05, 3.63) is 55.2 Å². The van der Waals surface area contributed by atoms with Gasteiger partial charge in [0.1, 0.15) is 6.34 Å². The van der Waals surface area contributed by atoms with Crippen LogP contribution in [0.25, 0.3) is 0 Å². The summed E-state index contributed by atoms with van der Waals surface area (Å²) in [5, 5.41) is 3.72. The second-order valence-corrected chi connectivity index (χ2v) is 3.61. The van der Waals surface area contributed by atoms with Crippen LogP contribution >= 0.6 is 0 Å². The number of H-pyrrole nitrogens is 2. The van der Waals surface area contributed by atoms with Crippen LogP contribution in [0.2, 0.25) is 0 Å². The first-order chi connectivity index (χ1) is 9.04. The number of hydrazone groups is 1. The van der Waals surface area contributed by atoms with Gasteiger partial charge in [0.15, 0.2) is 0 Å². The Hall–Kier alpha value is -2.97. The Kier molecular flexibility index (Phi) is 3.37. The minimum atomic E-state index is -0.622. The van der Waals surface area contributed by atoms with Crippen molar-refractivity contribution < 1.29 is 0 Å². The van der Waals surface area contributed by atoms with Crippen LogP contribution in [0.15, 0.2) is 37.8 Å². The average molecular weight is 262 g/mol. The Labute approximate surface area is 105 Å². The van der Waals surface area contributed by atoms with Crippen LogP contribution in [0.5, 0.6) is 0 Å². The predicted octanol–water partition coefficient (Wildman–Crippen LogP) is -1.17. The van der Waals surface area contributed by atoms with Crippen LogP contribution in [0.3, 0.4) is 0 Å². The highest BCUT2D eigenvalue weighted by atomic mass is 16.2. The molecule has 19 heavy (non-hydrogen) atoms. The van der Waals surface area contributed by atoms with Crippen LogP contribution in [0, 0.1) is 6.92 Å². The van der Waals surface area contributed by atoms with Gasteiger partial charge in [-0.1, -0.05) is 0 Å². The lowest BCUT2D eigenvalue weighted by atomic mass is 10.5. The molecule has 0 fully saturated rings. The monoisotopic (exact) mass is 262 g/mol. The van der Waals surface area contributed by atoms with Gasteiger partial charge in [-0.05, 0) is 6.92 Å². The number of hydrogen-bond donors (Lipinski definition) is 3. The van der Waals surface area contributed by atoms with E-state index in [1.165, 1.54) is 18.3 Å².